The first-order valence-corrected chi connectivity index (χ1v) is 10.7. The van der Waals surface area contributed by atoms with E-state index in [2.05, 4.69) is 26.8 Å². The van der Waals surface area contributed by atoms with Gasteiger partial charge >= 0.3 is 0 Å². The van der Waals surface area contributed by atoms with Crippen LogP contribution in [0.4, 0.5) is 0 Å². The van der Waals surface area contributed by atoms with Gasteiger partial charge in [-0.05, 0) is 36.8 Å². The van der Waals surface area contributed by atoms with Crippen molar-refractivity contribution in [3.8, 4) is 0 Å². The predicted octanol–water partition coefficient (Wildman–Crippen LogP) is 3.10. The molecule has 1 aromatic carbocycles. The summed E-state index contributed by atoms with van der Waals surface area (Å²) in [5, 5.41) is 0.157. The number of nitrogens with one attached hydrogen (secondary N) is 1. The highest BCUT2D eigenvalue weighted by Crippen LogP contribution is 2.28. The number of hydrogen-bond acceptors (Lipinski definition) is 5. The molecule has 2 aromatic heterocycles. The fourth-order valence-electron chi connectivity index (χ4n) is 3.43. The number of aromatic nitrogens is 3. The molecule has 0 radical (unpaired) electrons. The molecule has 0 saturated carbocycles. The van der Waals surface area contributed by atoms with E-state index in [1.165, 1.54) is 5.56 Å². The molecule has 0 unspecified atom stereocenters. The van der Waals surface area contributed by atoms with Crippen molar-refractivity contribution in [1.82, 2.24) is 24.8 Å². The van der Waals surface area contributed by atoms with Gasteiger partial charge < -0.3 is 9.88 Å². The van der Waals surface area contributed by atoms with Gasteiger partial charge in [0.25, 0.3) is 0 Å². The molecule has 0 aliphatic carbocycles. The van der Waals surface area contributed by atoms with Crippen molar-refractivity contribution < 1.29 is 4.79 Å². The van der Waals surface area contributed by atoms with Crippen molar-refractivity contribution in [2.24, 2.45) is 0 Å². The van der Waals surface area contributed by atoms with Gasteiger partial charge in [0.2, 0.25) is 5.91 Å². The predicted molar refractivity (Wildman–Crippen MR) is 113 cm³/mol. The molecule has 4 rings (SSSR count). The van der Waals surface area contributed by atoms with Crippen LogP contribution in [0.15, 0.2) is 48.8 Å². The Bertz CT molecular complexity index is 888. The van der Waals surface area contributed by atoms with Crippen LogP contribution in [0.3, 0.4) is 0 Å². The van der Waals surface area contributed by atoms with Crippen molar-refractivity contribution >= 4 is 28.7 Å². The Labute approximate surface area is 169 Å². The monoisotopic (exact) mass is 395 g/mol. The zero-order valence-corrected chi connectivity index (χ0v) is 16.9. The number of H-pyrrole nitrogens is 1. The van der Waals surface area contributed by atoms with Gasteiger partial charge in [-0.1, -0.05) is 12.1 Å². The summed E-state index contributed by atoms with van der Waals surface area (Å²) in [6, 6.07) is 12.1. The summed E-state index contributed by atoms with van der Waals surface area (Å²) in [6.45, 7) is 6.44. The highest BCUT2D eigenvalue weighted by molar-refractivity contribution is 8.00. The number of nitrogens with zero attached hydrogens (tertiary/aromatic N) is 4. The summed E-state index contributed by atoms with van der Waals surface area (Å²) in [4.78, 5) is 29.1. The number of hydrogen-bond donors (Lipinski definition) is 1. The normalized spacial score (nSPS) is 16.4. The molecule has 28 heavy (non-hydrogen) atoms. The highest BCUT2D eigenvalue weighted by atomic mass is 32.2. The van der Waals surface area contributed by atoms with Crippen LogP contribution in [0, 0.1) is 0 Å². The van der Waals surface area contributed by atoms with E-state index in [9.17, 15) is 4.79 Å². The zero-order valence-electron chi connectivity index (χ0n) is 16.0. The Hall–Kier alpha value is -2.38. The fraction of sp³-hybridized carbons (Fsp3) is 0.381. The van der Waals surface area contributed by atoms with Crippen molar-refractivity contribution in [3.63, 3.8) is 0 Å². The van der Waals surface area contributed by atoms with Crippen LogP contribution in [0.25, 0.3) is 11.0 Å². The molecule has 3 heterocycles. The maximum Gasteiger partial charge on any atom is 0.232 e. The second-order valence-corrected chi connectivity index (χ2v) is 8.43. The number of carbonyl (C=O) groups excluding carboxylic acids is 1. The van der Waals surface area contributed by atoms with Crippen molar-refractivity contribution in [3.05, 3.63) is 60.2 Å². The van der Waals surface area contributed by atoms with Gasteiger partial charge in [-0.25, -0.2) is 4.98 Å². The first-order chi connectivity index (χ1) is 13.7. The van der Waals surface area contributed by atoms with Crippen LogP contribution >= 0.6 is 11.8 Å². The van der Waals surface area contributed by atoms with Crippen molar-refractivity contribution in [2.45, 2.75) is 18.7 Å². The summed E-state index contributed by atoms with van der Waals surface area (Å²) in [5.74, 6) is 1.64. The molecular formula is C21H25N5OS. The molecule has 0 spiro atoms. The summed E-state index contributed by atoms with van der Waals surface area (Å²) in [6.07, 6.45) is 3.66. The van der Waals surface area contributed by atoms with E-state index < -0.39 is 0 Å². The molecular weight excluding hydrogens is 370 g/mol. The molecule has 1 atom stereocenters. The summed E-state index contributed by atoms with van der Waals surface area (Å²) in [7, 11) is 0. The Kier molecular flexibility index (Phi) is 5.92. The Morgan fingerprint density at radius 2 is 1.89 bits per heavy atom. The number of benzene rings is 1. The average molecular weight is 396 g/mol. The number of aromatic amines is 1. The molecule has 1 saturated heterocycles. The number of rotatable bonds is 6. The van der Waals surface area contributed by atoms with Crippen LogP contribution in [0.1, 0.15) is 23.6 Å². The number of piperazine rings is 1. The molecule has 1 aliphatic heterocycles. The van der Waals surface area contributed by atoms with Gasteiger partial charge in [0.15, 0.2) is 0 Å². The molecule has 7 heteroatoms. The third kappa shape index (κ3) is 4.54. The minimum Gasteiger partial charge on any atom is -0.341 e. The van der Waals surface area contributed by atoms with Gasteiger partial charge in [-0.15, -0.1) is 11.8 Å². The molecule has 1 N–H and O–H groups in total. The molecule has 3 aromatic rings. The van der Waals surface area contributed by atoms with E-state index in [0.29, 0.717) is 5.75 Å². The lowest BCUT2D eigenvalue weighted by Gasteiger charge is -2.34. The maximum atomic E-state index is 12.6. The van der Waals surface area contributed by atoms with Crippen LogP contribution < -0.4 is 0 Å². The SMILES string of the molecule is C[C@@H](SCC(=O)N1CCN(Cc2ccncc2)CC1)c1nc2ccccc2[nH]1. The smallest absolute Gasteiger partial charge is 0.232 e. The number of thioether (sulfide) groups is 1. The van der Waals surface area contributed by atoms with Gasteiger partial charge in [-0.3, -0.25) is 14.7 Å². The molecule has 0 bridgehead atoms. The Morgan fingerprint density at radius 3 is 2.64 bits per heavy atom. The lowest BCUT2D eigenvalue weighted by molar-refractivity contribution is -0.130. The van der Waals surface area contributed by atoms with Crippen molar-refractivity contribution in [2.75, 3.05) is 31.9 Å². The second-order valence-electron chi connectivity index (χ2n) is 7.10. The second kappa shape index (κ2) is 8.75. The number of fused-ring (bicyclic) bond motifs is 1. The lowest BCUT2D eigenvalue weighted by atomic mass is 10.2. The number of amides is 1. The fourth-order valence-corrected chi connectivity index (χ4v) is 4.28. The van der Waals surface area contributed by atoms with Gasteiger partial charge in [0.05, 0.1) is 22.0 Å². The summed E-state index contributed by atoms with van der Waals surface area (Å²) in [5.41, 5.74) is 3.29. The summed E-state index contributed by atoms with van der Waals surface area (Å²) >= 11 is 1.64. The first-order valence-electron chi connectivity index (χ1n) is 9.64. The van der Waals surface area contributed by atoms with Gasteiger partial charge in [0.1, 0.15) is 5.82 Å². The lowest BCUT2D eigenvalue weighted by Crippen LogP contribution is -2.48. The summed E-state index contributed by atoms with van der Waals surface area (Å²) < 4.78 is 0. The van der Waals surface area contributed by atoms with Crippen LogP contribution in [0.2, 0.25) is 0 Å². The van der Waals surface area contributed by atoms with E-state index >= 15 is 0 Å². The third-order valence-corrected chi connectivity index (χ3v) is 6.27. The third-order valence-electron chi connectivity index (χ3n) is 5.13. The van der Waals surface area contributed by atoms with Crippen LogP contribution in [-0.2, 0) is 11.3 Å². The van der Waals surface area contributed by atoms with E-state index in [1.807, 2.05) is 53.7 Å². The molecule has 1 amide bonds. The Balaban J connectivity index is 1.24. The van der Waals surface area contributed by atoms with E-state index in [-0.39, 0.29) is 11.2 Å². The Morgan fingerprint density at radius 1 is 1.14 bits per heavy atom. The molecule has 146 valence electrons. The quantitative estimate of drug-likeness (QED) is 0.695. The highest BCUT2D eigenvalue weighted by Gasteiger charge is 2.22. The van der Waals surface area contributed by atoms with Crippen LogP contribution in [-0.4, -0.2) is 62.6 Å². The largest absolute Gasteiger partial charge is 0.341 e. The molecule has 1 aliphatic rings. The average Bonchev–Trinajstić information content (AvgIpc) is 3.17. The number of pyridine rings is 1. The molecule has 1 fully saturated rings. The standard InChI is InChI=1S/C21H25N5OS/c1-16(21-23-18-4-2-3-5-19(18)24-21)28-15-20(27)26-12-10-25(11-13-26)14-17-6-8-22-9-7-17/h2-9,16H,10-15H2,1H3,(H,23,24)/t16-/m1/s1. The number of carbonyl (C=O) groups is 1. The van der Waals surface area contributed by atoms with Crippen molar-refractivity contribution in [1.29, 1.82) is 0 Å². The van der Waals surface area contributed by atoms with Gasteiger partial charge in [0, 0.05) is 45.1 Å². The minimum atomic E-state index is 0.157. The maximum absolute atomic E-state index is 12.6. The van der Waals surface area contributed by atoms with E-state index in [1.54, 1.807) is 11.8 Å². The van der Waals surface area contributed by atoms with Gasteiger partial charge in [-0.2, -0.15) is 0 Å². The van der Waals surface area contributed by atoms with E-state index in [4.69, 9.17) is 0 Å². The first kappa shape index (κ1) is 19.0. The topological polar surface area (TPSA) is 65.1 Å². The van der Waals surface area contributed by atoms with E-state index in [0.717, 1.165) is 49.6 Å². The van der Waals surface area contributed by atoms with Crippen LogP contribution in [0.5, 0.6) is 0 Å². The number of para-hydroxylation sites is 2. The number of imidazole rings is 1. The minimum absolute atomic E-state index is 0.157. The zero-order chi connectivity index (χ0) is 19.3. The molecule has 6 nitrogen and oxygen atoms in total.